The molecule has 2 N–H and O–H groups in total. The molecule has 4 nitrogen and oxygen atoms in total. The number of halogens is 1. The van der Waals surface area contributed by atoms with E-state index >= 15 is 0 Å². The first-order chi connectivity index (χ1) is 10.7. The lowest BCUT2D eigenvalue weighted by atomic mass is 10.2. The maximum Gasteiger partial charge on any atom is 0.135 e. The maximum absolute atomic E-state index is 6.14. The van der Waals surface area contributed by atoms with Crippen LogP contribution >= 0.6 is 11.6 Å². The standard InChI is InChI=1S/C17H15ClN4/c1-12-6-2-4-8-14(12)21-16-10-17(20-11-19-16)22-15-9-5-3-7-13(15)18/h2-11H,1H3,(H2,19,20,21,22). The summed E-state index contributed by atoms with van der Waals surface area (Å²) in [5, 5.41) is 7.13. The van der Waals surface area contributed by atoms with Gasteiger partial charge in [-0.15, -0.1) is 0 Å². The van der Waals surface area contributed by atoms with E-state index in [1.165, 1.54) is 6.33 Å². The summed E-state index contributed by atoms with van der Waals surface area (Å²) in [4.78, 5) is 8.46. The van der Waals surface area contributed by atoms with Crippen molar-refractivity contribution in [2.75, 3.05) is 10.6 Å². The zero-order valence-electron chi connectivity index (χ0n) is 12.0. The van der Waals surface area contributed by atoms with Crippen molar-refractivity contribution in [1.29, 1.82) is 0 Å². The Hall–Kier alpha value is -2.59. The number of nitrogens with one attached hydrogen (secondary N) is 2. The largest absolute Gasteiger partial charge is 0.340 e. The van der Waals surface area contributed by atoms with Crippen LogP contribution in [0.3, 0.4) is 0 Å². The van der Waals surface area contributed by atoms with Gasteiger partial charge in [0.25, 0.3) is 0 Å². The lowest BCUT2D eigenvalue weighted by molar-refractivity contribution is 1.16. The van der Waals surface area contributed by atoms with Gasteiger partial charge >= 0.3 is 0 Å². The molecule has 0 aliphatic carbocycles. The fraction of sp³-hybridized carbons (Fsp3) is 0.0588. The monoisotopic (exact) mass is 310 g/mol. The van der Waals surface area contributed by atoms with Crippen molar-refractivity contribution in [3.8, 4) is 0 Å². The molecule has 0 aliphatic heterocycles. The first-order valence-corrected chi connectivity index (χ1v) is 7.26. The number of anilines is 4. The fourth-order valence-corrected chi connectivity index (χ4v) is 2.23. The molecule has 0 unspecified atom stereocenters. The molecule has 1 heterocycles. The zero-order chi connectivity index (χ0) is 15.4. The van der Waals surface area contributed by atoms with Gasteiger partial charge in [-0.05, 0) is 30.7 Å². The highest BCUT2D eigenvalue weighted by atomic mass is 35.5. The molecule has 5 heteroatoms. The summed E-state index contributed by atoms with van der Waals surface area (Å²) < 4.78 is 0. The number of nitrogens with zero attached hydrogens (tertiary/aromatic N) is 2. The average molecular weight is 311 g/mol. The minimum atomic E-state index is 0.648. The third-order valence-corrected chi connectivity index (χ3v) is 3.54. The second-order valence-electron chi connectivity index (χ2n) is 4.83. The second kappa shape index (κ2) is 6.45. The van der Waals surface area contributed by atoms with Gasteiger partial charge in [0, 0.05) is 11.8 Å². The predicted octanol–water partition coefficient (Wildman–Crippen LogP) is 4.93. The molecule has 0 bridgehead atoms. The number of hydrogen-bond donors (Lipinski definition) is 2. The van der Waals surface area contributed by atoms with E-state index in [1.807, 2.05) is 61.5 Å². The third kappa shape index (κ3) is 3.35. The highest BCUT2D eigenvalue weighted by molar-refractivity contribution is 6.33. The summed E-state index contributed by atoms with van der Waals surface area (Å²) in [6.45, 7) is 2.05. The Morgan fingerprint density at radius 1 is 0.818 bits per heavy atom. The van der Waals surface area contributed by atoms with Gasteiger partial charge in [-0.2, -0.15) is 0 Å². The summed E-state index contributed by atoms with van der Waals surface area (Å²) in [6.07, 6.45) is 1.51. The predicted molar refractivity (Wildman–Crippen MR) is 91.2 cm³/mol. The van der Waals surface area contributed by atoms with Gasteiger partial charge in [-0.3, -0.25) is 0 Å². The molecular formula is C17H15ClN4. The SMILES string of the molecule is Cc1ccccc1Nc1cc(Nc2ccccc2Cl)ncn1. The normalized spacial score (nSPS) is 10.3. The lowest BCUT2D eigenvalue weighted by Gasteiger charge is -2.11. The summed E-state index contributed by atoms with van der Waals surface area (Å²) in [5.41, 5.74) is 2.98. The number of para-hydroxylation sites is 2. The number of benzene rings is 2. The van der Waals surface area contributed by atoms with Crippen LogP contribution in [-0.4, -0.2) is 9.97 Å². The summed E-state index contributed by atoms with van der Waals surface area (Å²) in [6, 6.07) is 17.4. The van der Waals surface area contributed by atoms with E-state index in [9.17, 15) is 0 Å². The molecule has 3 aromatic rings. The Morgan fingerprint density at radius 3 is 2.09 bits per heavy atom. The molecule has 2 aromatic carbocycles. The van der Waals surface area contributed by atoms with Crippen molar-refractivity contribution in [2.24, 2.45) is 0 Å². The molecule has 3 rings (SSSR count). The summed E-state index contributed by atoms with van der Waals surface area (Å²) >= 11 is 6.14. The molecule has 0 saturated carbocycles. The van der Waals surface area contributed by atoms with Crippen molar-refractivity contribution < 1.29 is 0 Å². The minimum Gasteiger partial charge on any atom is -0.340 e. The molecular weight excluding hydrogens is 296 g/mol. The van der Waals surface area contributed by atoms with Crippen LogP contribution in [0.2, 0.25) is 5.02 Å². The highest BCUT2D eigenvalue weighted by Crippen LogP contribution is 2.25. The van der Waals surface area contributed by atoms with Crippen molar-refractivity contribution in [3.05, 3.63) is 71.5 Å². The Kier molecular flexibility index (Phi) is 4.21. The average Bonchev–Trinajstić information content (AvgIpc) is 2.52. The molecule has 1 aromatic heterocycles. The molecule has 0 aliphatic rings. The van der Waals surface area contributed by atoms with E-state index in [4.69, 9.17) is 11.6 Å². The van der Waals surface area contributed by atoms with Gasteiger partial charge in [0.1, 0.15) is 18.0 Å². The molecule has 0 saturated heterocycles. The summed E-state index contributed by atoms with van der Waals surface area (Å²) in [5.74, 6) is 1.40. The first-order valence-electron chi connectivity index (χ1n) is 6.88. The van der Waals surface area contributed by atoms with Crippen molar-refractivity contribution in [1.82, 2.24) is 9.97 Å². The molecule has 22 heavy (non-hydrogen) atoms. The van der Waals surface area contributed by atoms with Crippen LogP contribution in [0.25, 0.3) is 0 Å². The quantitative estimate of drug-likeness (QED) is 0.717. The molecule has 0 atom stereocenters. The van der Waals surface area contributed by atoms with Crippen molar-refractivity contribution in [3.63, 3.8) is 0 Å². The van der Waals surface area contributed by atoms with Gasteiger partial charge < -0.3 is 10.6 Å². The first kappa shape index (κ1) is 14.4. The maximum atomic E-state index is 6.14. The van der Waals surface area contributed by atoms with E-state index in [0.717, 1.165) is 22.8 Å². The van der Waals surface area contributed by atoms with Crippen LogP contribution in [0.15, 0.2) is 60.9 Å². The number of rotatable bonds is 4. The number of aryl methyl sites for hydroxylation is 1. The van der Waals surface area contributed by atoms with Gasteiger partial charge in [0.15, 0.2) is 0 Å². The Labute approximate surface area is 134 Å². The van der Waals surface area contributed by atoms with Crippen molar-refractivity contribution in [2.45, 2.75) is 6.92 Å². The van der Waals surface area contributed by atoms with E-state index in [1.54, 1.807) is 0 Å². The Balaban J connectivity index is 1.81. The molecule has 0 spiro atoms. The van der Waals surface area contributed by atoms with Gasteiger partial charge in [0.05, 0.1) is 10.7 Å². The number of aromatic nitrogens is 2. The Bertz CT molecular complexity index is 726. The lowest BCUT2D eigenvalue weighted by Crippen LogP contribution is -1.99. The van der Waals surface area contributed by atoms with Gasteiger partial charge in [-0.1, -0.05) is 41.9 Å². The van der Waals surface area contributed by atoms with Crippen molar-refractivity contribution >= 4 is 34.6 Å². The third-order valence-electron chi connectivity index (χ3n) is 3.21. The van der Waals surface area contributed by atoms with Crippen LogP contribution in [0.4, 0.5) is 23.0 Å². The molecule has 0 amide bonds. The van der Waals surface area contributed by atoms with Crippen LogP contribution in [0, 0.1) is 6.92 Å². The topological polar surface area (TPSA) is 49.8 Å². The van der Waals surface area contributed by atoms with Gasteiger partial charge in [0.2, 0.25) is 0 Å². The molecule has 0 radical (unpaired) electrons. The van der Waals surface area contributed by atoms with Gasteiger partial charge in [-0.25, -0.2) is 9.97 Å². The van der Waals surface area contributed by atoms with Crippen LogP contribution in [-0.2, 0) is 0 Å². The smallest absolute Gasteiger partial charge is 0.135 e. The fourth-order valence-electron chi connectivity index (χ4n) is 2.05. The van der Waals surface area contributed by atoms with Crippen LogP contribution in [0.1, 0.15) is 5.56 Å². The van der Waals surface area contributed by atoms with Crippen LogP contribution < -0.4 is 10.6 Å². The summed E-state index contributed by atoms with van der Waals surface area (Å²) in [7, 11) is 0. The van der Waals surface area contributed by atoms with E-state index in [0.29, 0.717) is 10.8 Å². The number of hydrogen-bond acceptors (Lipinski definition) is 4. The molecule has 110 valence electrons. The van der Waals surface area contributed by atoms with E-state index in [-0.39, 0.29) is 0 Å². The highest BCUT2D eigenvalue weighted by Gasteiger charge is 2.04. The molecule has 0 fully saturated rings. The van der Waals surface area contributed by atoms with E-state index in [2.05, 4.69) is 20.6 Å². The second-order valence-corrected chi connectivity index (χ2v) is 5.24. The van der Waals surface area contributed by atoms with Crippen LogP contribution in [0.5, 0.6) is 0 Å². The Morgan fingerprint density at radius 2 is 1.41 bits per heavy atom. The minimum absolute atomic E-state index is 0.648. The zero-order valence-corrected chi connectivity index (χ0v) is 12.8. The van der Waals surface area contributed by atoms with E-state index < -0.39 is 0 Å².